The van der Waals surface area contributed by atoms with Gasteiger partial charge in [-0.3, -0.25) is 9.59 Å². The number of hydrogen-bond acceptors (Lipinski definition) is 3. The van der Waals surface area contributed by atoms with Crippen molar-refractivity contribution in [3.8, 4) is 0 Å². The van der Waals surface area contributed by atoms with Crippen molar-refractivity contribution in [1.29, 1.82) is 0 Å². The van der Waals surface area contributed by atoms with E-state index in [4.69, 9.17) is 0 Å². The highest BCUT2D eigenvalue weighted by atomic mass is 16.2. The molecule has 5 heteroatoms. The van der Waals surface area contributed by atoms with E-state index in [1.54, 1.807) is 18.3 Å². The summed E-state index contributed by atoms with van der Waals surface area (Å²) in [6.07, 6.45) is 1.57. The number of nitrogens with one attached hydrogen (secondary N) is 1. The van der Waals surface area contributed by atoms with Gasteiger partial charge in [-0.25, -0.2) is 5.43 Å². The molecule has 0 spiro atoms. The summed E-state index contributed by atoms with van der Waals surface area (Å²) < 4.78 is 1.33. The maximum absolute atomic E-state index is 11.9. The molecule has 0 radical (unpaired) electrons. The van der Waals surface area contributed by atoms with Crippen LogP contribution in [0.3, 0.4) is 0 Å². The number of pyridine rings is 1. The van der Waals surface area contributed by atoms with Gasteiger partial charge in [0.2, 0.25) is 0 Å². The predicted molar refractivity (Wildman–Crippen MR) is 87.0 cm³/mol. The van der Waals surface area contributed by atoms with E-state index < -0.39 is 0 Å². The SMILES string of the molecule is C/C(=N/NC(=O)Cn1ccccc1=O)c1ccc(C)cc1C. The van der Waals surface area contributed by atoms with Gasteiger partial charge in [-0.05, 0) is 32.4 Å². The van der Waals surface area contributed by atoms with Gasteiger partial charge in [0.25, 0.3) is 11.5 Å². The molecule has 0 unspecified atom stereocenters. The Kier molecular flexibility index (Phi) is 4.88. The number of hydrogen-bond donors (Lipinski definition) is 1. The van der Waals surface area contributed by atoms with Crippen LogP contribution in [0.1, 0.15) is 23.6 Å². The van der Waals surface area contributed by atoms with Gasteiger partial charge in [0.1, 0.15) is 6.54 Å². The van der Waals surface area contributed by atoms with Crippen molar-refractivity contribution in [3.63, 3.8) is 0 Å². The third-order valence-corrected chi connectivity index (χ3v) is 3.33. The number of nitrogens with zero attached hydrogens (tertiary/aromatic N) is 2. The summed E-state index contributed by atoms with van der Waals surface area (Å²) in [7, 11) is 0. The minimum absolute atomic E-state index is 0.0522. The topological polar surface area (TPSA) is 63.5 Å². The molecule has 2 rings (SSSR count). The Balaban J connectivity index is 2.06. The maximum atomic E-state index is 11.9. The fourth-order valence-corrected chi connectivity index (χ4v) is 2.21. The molecule has 1 N–H and O–H groups in total. The van der Waals surface area contributed by atoms with Crippen LogP contribution < -0.4 is 11.0 Å². The second-order valence-electron chi connectivity index (χ2n) is 5.22. The van der Waals surface area contributed by atoms with Gasteiger partial charge in [0, 0.05) is 17.8 Å². The van der Waals surface area contributed by atoms with Crippen LogP contribution in [-0.2, 0) is 11.3 Å². The molecule has 22 heavy (non-hydrogen) atoms. The molecule has 0 saturated carbocycles. The lowest BCUT2D eigenvalue weighted by atomic mass is 10.0. The molecule has 0 aliphatic carbocycles. The van der Waals surface area contributed by atoms with Crippen molar-refractivity contribution < 1.29 is 4.79 Å². The molecule has 1 amide bonds. The lowest BCUT2D eigenvalue weighted by molar-refractivity contribution is -0.121. The van der Waals surface area contributed by atoms with Gasteiger partial charge in [0.15, 0.2) is 0 Å². The zero-order valence-electron chi connectivity index (χ0n) is 13.0. The summed E-state index contributed by atoms with van der Waals surface area (Å²) in [6, 6.07) is 10.8. The van der Waals surface area contributed by atoms with E-state index in [1.807, 2.05) is 32.9 Å². The molecule has 5 nitrogen and oxygen atoms in total. The summed E-state index contributed by atoms with van der Waals surface area (Å²) in [5.41, 5.74) is 6.28. The monoisotopic (exact) mass is 297 g/mol. The Labute approximate surface area is 129 Å². The van der Waals surface area contributed by atoms with Crippen molar-refractivity contribution in [2.24, 2.45) is 5.10 Å². The third kappa shape index (κ3) is 3.91. The molecule has 0 saturated heterocycles. The normalized spacial score (nSPS) is 11.3. The molecule has 1 aromatic carbocycles. The number of carbonyl (C=O) groups is 1. The van der Waals surface area contributed by atoms with Crippen LogP contribution in [0.2, 0.25) is 0 Å². The summed E-state index contributed by atoms with van der Waals surface area (Å²) >= 11 is 0. The number of amides is 1. The van der Waals surface area contributed by atoms with Gasteiger partial charge >= 0.3 is 0 Å². The lowest BCUT2D eigenvalue weighted by Crippen LogP contribution is -2.29. The molecular formula is C17H19N3O2. The van der Waals surface area contributed by atoms with Crippen LogP contribution >= 0.6 is 0 Å². The first-order valence-electron chi connectivity index (χ1n) is 7.03. The maximum Gasteiger partial charge on any atom is 0.260 e. The Morgan fingerprint density at radius 1 is 1.23 bits per heavy atom. The smallest absolute Gasteiger partial charge is 0.260 e. The third-order valence-electron chi connectivity index (χ3n) is 3.33. The second-order valence-corrected chi connectivity index (χ2v) is 5.22. The summed E-state index contributed by atoms with van der Waals surface area (Å²) in [5, 5.41) is 4.11. The summed E-state index contributed by atoms with van der Waals surface area (Å²) in [5.74, 6) is -0.336. The molecule has 0 fully saturated rings. The predicted octanol–water partition coefficient (Wildman–Crippen LogP) is 2.01. The molecule has 1 aromatic heterocycles. The van der Waals surface area contributed by atoms with Crippen LogP contribution in [0.4, 0.5) is 0 Å². The Morgan fingerprint density at radius 2 is 2.00 bits per heavy atom. The summed E-state index contributed by atoms with van der Waals surface area (Å²) in [4.78, 5) is 23.4. The largest absolute Gasteiger partial charge is 0.306 e. The van der Waals surface area contributed by atoms with E-state index in [9.17, 15) is 9.59 Å². The van der Waals surface area contributed by atoms with Crippen LogP contribution in [0.5, 0.6) is 0 Å². The molecule has 0 atom stereocenters. The van der Waals surface area contributed by atoms with Crippen molar-refractivity contribution in [2.45, 2.75) is 27.3 Å². The van der Waals surface area contributed by atoms with E-state index in [2.05, 4.69) is 16.6 Å². The van der Waals surface area contributed by atoms with Gasteiger partial charge in [0.05, 0.1) is 5.71 Å². The number of hydrazone groups is 1. The van der Waals surface area contributed by atoms with Gasteiger partial charge in [-0.1, -0.05) is 29.8 Å². The molecule has 2 aromatic rings. The van der Waals surface area contributed by atoms with Gasteiger partial charge in [-0.15, -0.1) is 0 Å². The average molecular weight is 297 g/mol. The highest BCUT2D eigenvalue weighted by molar-refractivity contribution is 6.00. The average Bonchev–Trinajstić information content (AvgIpc) is 2.47. The zero-order valence-corrected chi connectivity index (χ0v) is 13.0. The van der Waals surface area contributed by atoms with E-state index in [1.165, 1.54) is 16.2 Å². The van der Waals surface area contributed by atoms with Gasteiger partial charge < -0.3 is 4.57 Å². The van der Waals surface area contributed by atoms with Crippen molar-refractivity contribution in [1.82, 2.24) is 9.99 Å². The molecule has 1 heterocycles. The van der Waals surface area contributed by atoms with Crippen molar-refractivity contribution in [3.05, 3.63) is 69.6 Å². The quantitative estimate of drug-likeness (QED) is 0.693. The first-order chi connectivity index (χ1) is 10.5. The van der Waals surface area contributed by atoms with Crippen molar-refractivity contribution >= 4 is 11.6 Å². The van der Waals surface area contributed by atoms with E-state index in [-0.39, 0.29) is 18.0 Å². The minimum Gasteiger partial charge on any atom is -0.306 e. The Hall–Kier alpha value is -2.69. The number of carbonyl (C=O) groups excluding carboxylic acids is 1. The van der Waals surface area contributed by atoms with Crippen LogP contribution in [0.15, 0.2) is 52.5 Å². The first-order valence-corrected chi connectivity index (χ1v) is 7.03. The van der Waals surface area contributed by atoms with Crippen LogP contribution in [0.25, 0.3) is 0 Å². The van der Waals surface area contributed by atoms with Gasteiger partial charge in [-0.2, -0.15) is 5.10 Å². The Bertz CT molecular complexity index is 775. The Morgan fingerprint density at radius 3 is 2.68 bits per heavy atom. The van der Waals surface area contributed by atoms with E-state index >= 15 is 0 Å². The number of benzene rings is 1. The van der Waals surface area contributed by atoms with Crippen molar-refractivity contribution in [2.75, 3.05) is 0 Å². The van der Waals surface area contributed by atoms with Crippen LogP contribution in [0, 0.1) is 13.8 Å². The second kappa shape index (κ2) is 6.85. The van der Waals surface area contributed by atoms with E-state index in [0.29, 0.717) is 0 Å². The summed E-state index contributed by atoms with van der Waals surface area (Å²) in [6.45, 7) is 5.82. The first kappa shape index (κ1) is 15.7. The molecule has 114 valence electrons. The number of aryl methyl sites for hydroxylation is 2. The molecule has 0 aliphatic heterocycles. The molecular weight excluding hydrogens is 278 g/mol. The fraction of sp³-hybridized carbons (Fsp3) is 0.235. The van der Waals surface area contributed by atoms with E-state index in [0.717, 1.165) is 16.8 Å². The molecule has 0 bridgehead atoms. The van der Waals surface area contributed by atoms with Crippen LogP contribution in [-0.4, -0.2) is 16.2 Å². The standard InChI is InChI=1S/C17H19N3O2/c1-12-7-8-15(13(2)10-12)14(3)18-19-16(21)11-20-9-5-4-6-17(20)22/h4-10H,11H2,1-3H3,(H,19,21)/b18-14-. The minimum atomic E-state index is -0.336. The highest BCUT2D eigenvalue weighted by Crippen LogP contribution is 2.11. The fourth-order valence-electron chi connectivity index (χ4n) is 2.21. The highest BCUT2D eigenvalue weighted by Gasteiger charge is 2.05. The lowest BCUT2D eigenvalue weighted by Gasteiger charge is -2.07. The number of aromatic nitrogens is 1. The molecule has 0 aliphatic rings. The number of rotatable bonds is 4. The zero-order chi connectivity index (χ0) is 16.1.